The fourth-order valence-corrected chi connectivity index (χ4v) is 4.17. The van der Waals surface area contributed by atoms with Crippen LogP contribution < -0.4 is 16.1 Å². The standard InChI is InChI=1S/C28H26N2O4/c1-16-13-17(2)24(18(3)14-16)30-23(31)15-29-28(33)22-12-8-11-21-25(32)19(4)26(34-27(21)22)20-9-6-5-7-10-20/h5-14H,15H2,1-4H3,(H,29,33)(H,30,31). The summed E-state index contributed by atoms with van der Waals surface area (Å²) in [6.07, 6.45) is 0. The molecule has 6 heteroatoms. The van der Waals surface area contributed by atoms with Crippen molar-refractivity contribution in [2.24, 2.45) is 0 Å². The summed E-state index contributed by atoms with van der Waals surface area (Å²) < 4.78 is 6.10. The molecule has 0 saturated heterocycles. The highest BCUT2D eigenvalue weighted by atomic mass is 16.3. The van der Waals surface area contributed by atoms with Crippen LogP contribution in [0, 0.1) is 27.7 Å². The van der Waals surface area contributed by atoms with Crippen LogP contribution in [-0.2, 0) is 4.79 Å². The number of para-hydroxylation sites is 1. The Morgan fingerprint density at radius 3 is 2.24 bits per heavy atom. The summed E-state index contributed by atoms with van der Waals surface area (Å²) in [5, 5.41) is 5.83. The predicted octanol–water partition coefficient (Wildman–Crippen LogP) is 5.06. The number of amides is 2. The number of nitrogens with one attached hydrogen (secondary N) is 2. The number of carbonyl (C=O) groups is 2. The van der Waals surface area contributed by atoms with Crippen molar-refractivity contribution in [1.82, 2.24) is 5.32 Å². The lowest BCUT2D eigenvalue weighted by Gasteiger charge is -2.14. The molecule has 0 fully saturated rings. The maximum absolute atomic E-state index is 13.0. The van der Waals surface area contributed by atoms with Crippen molar-refractivity contribution in [2.45, 2.75) is 27.7 Å². The van der Waals surface area contributed by atoms with Gasteiger partial charge in [0.25, 0.3) is 5.91 Å². The van der Waals surface area contributed by atoms with Gasteiger partial charge >= 0.3 is 0 Å². The van der Waals surface area contributed by atoms with Crippen molar-refractivity contribution >= 4 is 28.5 Å². The summed E-state index contributed by atoms with van der Waals surface area (Å²) >= 11 is 0. The van der Waals surface area contributed by atoms with E-state index in [1.165, 1.54) is 0 Å². The zero-order chi connectivity index (χ0) is 24.4. The molecule has 2 amide bonds. The van der Waals surface area contributed by atoms with Gasteiger partial charge in [-0.25, -0.2) is 0 Å². The van der Waals surface area contributed by atoms with Crippen LogP contribution in [0.15, 0.2) is 69.9 Å². The number of carbonyl (C=O) groups excluding carboxylic acids is 2. The van der Waals surface area contributed by atoms with E-state index in [0.717, 1.165) is 27.9 Å². The molecule has 0 aliphatic rings. The molecule has 0 unspecified atom stereocenters. The van der Waals surface area contributed by atoms with Crippen LogP contribution in [0.3, 0.4) is 0 Å². The monoisotopic (exact) mass is 454 g/mol. The Morgan fingerprint density at radius 1 is 0.882 bits per heavy atom. The summed E-state index contributed by atoms with van der Waals surface area (Å²) in [4.78, 5) is 38.5. The molecule has 0 spiro atoms. The first-order valence-corrected chi connectivity index (χ1v) is 11.0. The van der Waals surface area contributed by atoms with Gasteiger partial charge in [-0.1, -0.05) is 54.1 Å². The number of anilines is 1. The van der Waals surface area contributed by atoms with E-state index in [1.807, 2.05) is 63.2 Å². The summed E-state index contributed by atoms with van der Waals surface area (Å²) in [7, 11) is 0. The summed E-state index contributed by atoms with van der Waals surface area (Å²) in [5.74, 6) is -0.420. The van der Waals surface area contributed by atoms with Crippen LogP contribution in [0.1, 0.15) is 32.6 Å². The van der Waals surface area contributed by atoms with Crippen molar-refractivity contribution in [3.63, 3.8) is 0 Å². The van der Waals surface area contributed by atoms with Gasteiger partial charge in [0.15, 0.2) is 11.0 Å². The second-order valence-corrected chi connectivity index (χ2v) is 8.44. The number of fused-ring (bicyclic) bond motifs is 1. The molecule has 0 atom stereocenters. The third kappa shape index (κ3) is 4.48. The Bertz CT molecular complexity index is 1450. The number of rotatable bonds is 5. The molecule has 1 aromatic heterocycles. The highest BCUT2D eigenvalue weighted by Crippen LogP contribution is 2.27. The van der Waals surface area contributed by atoms with Crippen molar-refractivity contribution in [2.75, 3.05) is 11.9 Å². The first kappa shape index (κ1) is 23.0. The second-order valence-electron chi connectivity index (χ2n) is 8.44. The van der Waals surface area contributed by atoms with Crippen LogP contribution in [0.5, 0.6) is 0 Å². The van der Waals surface area contributed by atoms with Crippen molar-refractivity contribution < 1.29 is 14.0 Å². The van der Waals surface area contributed by atoms with E-state index in [1.54, 1.807) is 25.1 Å². The molecule has 4 aromatic rings. The molecule has 34 heavy (non-hydrogen) atoms. The molecule has 6 nitrogen and oxygen atoms in total. The average Bonchev–Trinajstić information content (AvgIpc) is 2.82. The molecule has 4 rings (SSSR count). The molecule has 172 valence electrons. The van der Waals surface area contributed by atoms with Gasteiger partial charge in [0, 0.05) is 16.8 Å². The molecule has 3 aromatic carbocycles. The molecule has 0 bridgehead atoms. The van der Waals surface area contributed by atoms with E-state index in [9.17, 15) is 14.4 Å². The number of aryl methyl sites for hydroxylation is 3. The Balaban J connectivity index is 1.60. The normalized spacial score (nSPS) is 10.8. The highest BCUT2D eigenvalue weighted by molar-refractivity contribution is 6.06. The minimum Gasteiger partial charge on any atom is -0.455 e. The van der Waals surface area contributed by atoms with Crippen LogP contribution in [0.4, 0.5) is 5.69 Å². The van der Waals surface area contributed by atoms with Crippen LogP contribution in [-0.4, -0.2) is 18.4 Å². The van der Waals surface area contributed by atoms with Crippen LogP contribution in [0.2, 0.25) is 0 Å². The Labute approximate surface area is 197 Å². The van der Waals surface area contributed by atoms with E-state index < -0.39 is 5.91 Å². The molecule has 0 aliphatic heterocycles. The molecule has 2 N–H and O–H groups in total. The van der Waals surface area contributed by atoms with Crippen molar-refractivity contribution in [3.05, 3.63) is 98.7 Å². The van der Waals surface area contributed by atoms with Gasteiger partial charge < -0.3 is 15.1 Å². The molecule has 0 radical (unpaired) electrons. The molecular weight excluding hydrogens is 428 g/mol. The lowest BCUT2D eigenvalue weighted by Crippen LogP contribution is -2.33. The lowest BCUT2D eigenvalue weighted by atomic mass is 10.0. The smallest absolute Gasteiger partial charge is 0.255 e. The maximum atomic E-state index is 13.0. The van der Waals surface area contributed by atoms with Gasteiger partial charge in [-0.15, -0.1) is 0 Å². The third-order valence-corrected chi connectivity index (χ3v) is 5.78. The van der Waals surface area contributed by atoms with E-state index >= 15 is 0 Å². The SMILES string of the molecule is Cc1cc(C)c(NC(=O)CNC(=O)c2cccc3c(=O)c(C)c(-c4ccccc4)oc23)c(C)c1. The third-order valence-electron chi connectivity index (χ3n) is 5.78. The van der Waals surface area contributed by atoms with E-state index in [0.29, 0.717) is 16.7 Å². The van der Waals surface area contributed by atoms with Gasteiger partial charge in [0.1, 0.15) is 5.76 Å². The number of hydrogen-bond donors (Lipinski definition) is 2. The fourth-order valence-electron chi connectivity index (χ4n) is 4.17. The number of benzene rings is 3. The molecule has 1 heterocycles. The summed E-state index contributed by atoms with van der Waals surface area (Å²) in [6.45, 7) is 7.35. The van der Waals surface area contributed by atoms with Gasteiger partial charge in [-0.2, -0.15) is 0 Å². The first-order chi connectivity index (χ1) is 16.3. The Kier molecular flexibility index (Phi) is 6.32. The first-order valence-electron chi connectivity index (χ1n) is 11.0. The summed E-state index contributed by atoms with van der Waals surface area (Å²) in [5.41, 5.74) is 5.18. The second kappa shape index (κ2) is 9.35. The van der Waals surface area contributed by atoms with E-state index in [-0.39, 0.29) is 29.0 Å². The topological polar surface area (TPSA) is 88.4 Å². The molecular formula is C28H26N2O4. The van der Waals surface area contributed by atoms with Crippen LogP contribution in [0.25, 0.3) is 22.3 Å². The Hall–Kier alpha value is -4.19. The van der Waals surface area contributed by atoms with Crippen molar-refractivity contribution in [3.8, 4) is 11.3 Å². The average molecular weight is 455 g/mol. The minimum atomic E-state index is -0.496. The van der Waals surface area contributed by atoms with Gasteiger partial charge in [0.2, 0.25) is 5.91 Å². The predicted molar refractivity (Wildman–Crippen MR) is 134 cm³/mol. The molecule has 0 saturated carbocycles. The quantitative estimate of drug-likeness (QED) is 0.441. The van der Waals surface area contributed by atoms with E-state index in [4.69, 9.17) is 4.42 Å². The van der Waals surface area contributed by atoms with Crippen LogP contribution >= 0.6 is 0 Å². The Morgan fingerprint density at radius 2 is 1.56 bits per heavy atom. The van der Waals surface area contributed by atoms with E-state index in [2.05, 4.69) is 10.6 Å². The minimum absolute atomic E-state index is 0.195. The zero-order valence-electron chi connectivity index (χ0n) is 19.6. The maximum Gasteiger partial charge on any atom is 0.255 e. The summed E-state index contributed by atoms with van der Waals surface area (Å²) in [6, 6.07) is 18.1. The zero-order valence-corrected chi connectivity index (χ0v) is 19.6. The lowest BCUT2D eigenvalue weighted by molar-refractivity contribution is -0.115. The van der Waals surface area contributed by atoms with Crippen molar-refractivity contribution in [1.29, 1.82) is 0 Å². The van der Waals surface area contributed by atoms with Gasteiger partial charge in [-0.05, 0) is 51.0 Å². The largest absolute Gasteiger partial charge is 0.455 e. The number of hydrogen-bond acceptors (Lipinski definition) is 4. The highest BCUT2D eigenvalue weighted by Gasteiger charge is 2.19. The molecule has 0 aliphatic carbocycles. The van der Waals surface area contributed by atoms with Gasteiger partial charge in [-0.3, -0.25) is 14.4 Å². The fraction of sp³-hybridized carbons (Fsp3) is 0.179. The van der Waals surface area contributed by atoms with Gasteiger partial charge in [0.05, 0.1) is 17.5 Å².